The number of pyridine rings is 1. The number of carboxylic acids is 1. The Morgan fingerprint density at radius 2 is 2.29 bits per heavy atom. The van der Waals surface area contributed by atoms with Gasteiger partial charge in [-0.05, 0) is 34.5 Å². The van der Waals surface area contributed by atoms with Gasteiger partial charge in [0.2, 0.25) is 0 Å². The lowest BCUT2D eigenvalue weighted by Gasteiger charge is -2.05. The van der Waals surface area contributed by atoms with Crippen molar-refractivity contribution in [1.29, 1.82) is 0 Å². The highest BCUT2D eigenvalue weighted by molar-refractivity contribution is 9.10. The van der Waals surface area contributed by atoms with Crippen LogP contribution in [0.4, 0.5) is 0 Å². The van der Waals surface area contributed by atoms with E-state index in [2.05, 4.69) is 15.9 Å². The lowest BCUT2D eigenvalue weighted by Crippen LogP contribution is -2.21. The fourth-order valence-corrected chi connectivity index (χ4v) is 1.71. The molecular formula is C9H10BrNO3. The van der Waals surface area contributed by atoms with Gasteiger partial charge in [-0.25, -0.2) is 0 Å². The lowest BCUT2D eigenvalue weighted by atomic mass is 10.3. The van der Waals surface area contributed by atoms with Crippen molar-refractivity contribution in [2.75, 3.05) is 0 Å². The van der Waals surface area contributed by atoms with Crippen molar-refractivity contribution in [1.82, 2.24) is 4.57 Å². The second-order valence-electron chi connectivity index (χ2n) is 3.01. The summed E-state index contributed by atoms with van der Waals surface area (Å²) in [7, 11) is 0. The lowest BCUT2D eigenvalue weighted by molar-refractivity contribution is -0.137. The van der Waals surface area contributed by atoms with Crippen molar-refractivity contribution in [3.63, 3.8) is 0 Å². The van der Waals surface area contributed by atoms with Gasteiger partial charge >= 0.3 is 5.97 Å². The summed E-state index contributed by atoms with van der Waals surface area (Å²) in [4.78, 5) is 21.8. The molecule has 0 spiro atoms. The molecule has 4 nitrogen and oxygen atoms in total. The number of nitrogens with zero attached hydrogens (tertiary/aromatic N) is 1. The van der Waals surface area contributed by atoms with Crippen molar-refractivity contribution in [2.24, 2.45) is 0 Å². The van der Waals surface area contributed by atoms with Gasteiger partial charge in [0.05, 0.1) is 10.9 Å². The van der Waals surface area contributed by atoms with Crippen molar-refractivity contribution in [3.8, 4) is 0 Å². The first-order valence-corrected chi connectivity index (χ1v) is 4.88. The second kappa shape index (κ2) is 4.41. The van der Waals surface area contributed by atoms with Crippen molar-refractivity contribution < 1.29 is 9.90 Å². The SMILES string of the molecule is Cc1cc(Br)c(=O)n(CCC(=O)O)c1. The van der Waals surface area contributed by atoms with Crippen molar-refractivity contribution >= 4 is 21.9 Å². The predicted molar refractivity (Wildman–Crippen MR) is 55.4 cm³/mol. The molecule has 1 heterocycles. The normalized spacial score (nSPS) is 10.1. The van der Waals surface area contributed by atoms with E-state index in [4.69, 9.17) is 5.11 Å². The Hall–Kier alpha value is -1.10. The third-order valence-electron chi connectivity index (χ3n) is 1.75. The molecule has 1 aromatic heterocycles. The number of aryl methyl sites for hydroxylation is 2. The number of halogens is 1. The minimum atomic E-state index is -0.908. The van der Waals surface area contributed by atoms with Crippen LogP contribution in [-0.2, 0) is 11.3 Å². The molecule has 0 aromatic carbocycles. The number of hydrogen-bond acceptors (Lipinski definition) is 2. The molecule has 0 aliphatic heterocycles. The molecule has 0 saturated heterocycles. The summed E-state index contributed by atoms with van der Waals surface area (Å²) in [6.07, 6.45) is 1.60. The third-order valence-corrected chi connectivity index (χ3v) is 2.31. The molecule has 0 unspecified atom stereocenters. The molecule has 0 fully saturated rings. The molecule has 0 saturated carbocycles. The average molecular weight is 260 g/mol. The molecule has 76 valence electrons. The summed E-state index contributed by atoms with van der Waals surface area (Å²) >= 11 is 3.12. The maximum absolute atomic E-state index is 11.5. The van der Waals surface area contributed by atoms with E-state index in [1.807, 2.05) is 6.92 Å². The first kappa shape index (κ1) is 11.0. The number of carbonyl (C=O) groups is 1. The molecule has 0 radical (unpaired) electrons. The summed E-state index contributed by atoms with van der Waals surface area (Å²) < 4.78 is 1.86. The van der Waals surface area contributed by atoms with Gasteiger partial charge in [0.1, 0.15) is 0 Å². The van der Waals surface area contributed by atoms with Gasteiger partial charge in [-0.1, -0.05) is 0 Å². The van der Waals surface area contributed by atoms with Crippen molar-refractivity contribution in [3.05, 3.63) is 32.7 Å². The Kier molecular flexibility index (Phi) is 3.46. The van der Waals surface area contributed by atoms with E-state index in [1.54, 1.807) is 12.3 Å². The van der Waals surface area contributed by atoms with Crippen LogP contribution in [0.3, 0.4) is 0 Å². The maximum atomic E-state index is 11.5. The molecule has 0 aliphatic rings. The van der Waals surface area contributed by atoms with Gasteiger partial charge in [-0.3, -0.25) is 9.59 Å². The van der Waals surface area contributed by atoms with E-state index in [0.29, 0.717) is 4.47 Å². The average Bonchev–Trinajstić information content (AvgIpc) is 2.08. The van der Waals surface area contributed by atoms with E-state index in [0.717, 1.165) is 5.56 Å². The van der Waals surface area contributed by atoms with E-state index in [1.165, 1.54) is 4.57 Å². The molecule has 0 amide bonds. The van der Waals surface area contributed by atoms with Gasteiger partial charge in [0.25, 0.3) is 5.56 Å². The maximum Gasteiger partial charge on any atom is 0.305 e. The number of aliphatic carboxylic acids is 1. The Morgan fingerprint density at radius 3 is 2.86 bits per heavy atom. The van der Waals surface area contributed by atoms with Gasteiger partial charge in [-0.2, -0.15) is 0 Å². The molecule has 0 aliphatic carbocycles. The molecule has 1 N–H and O–H groups in total. The van der Waals surface area contributed by atoms with Crippen LogP contribution in [0.1, 0.15) is 12.0 Å². The van der Waals surface area contributed by atoms with Crippen LogP contribution in [-0.4, -0.2) is 15.6 Å². The highest BCUT2D eigenvalue weighted by atomic mass is 79.9. The minimum Gasteiger partial charge on any atom is -0.481 e. The van der Waals surface area contributed by atoms with Crippen LogP contribution in [0.15, 0.2) is 21.5 Å². The molecule has 0 atom stereocenters. The Morgan fingerprint density at radius 1 is 1.64 bits per heavy atom. The van der Waals surface area contributed by atoms with E-state index >= 15 is 0 Å². The molecule has 5 heteroatoms. The van der Waals surface area contributed by atoms with Crippen LogP contribution in [0.5, 0.6) is 0 Å². The number of rotatable bonds is 3. The first-order valence-electron chi connectivity index (χ1n) is 4.09. The van der Waals surface area contributed by atoms with Crippen LogP contribution in [0.25, 0.3) is 0 Å². The summed E-state index contributed by atoms with van der Waals surface area (Å²) in [5.41, 5.74) is 0.721. The summed E-state index contributed by atoms with van der Waals surface area (Å²) in [5, 5.41) is 8.48. The van der Waals surface area contributed by atoms with E-state index < -0.39 is 5.97 Å². The predicted octanol–water partition coefficient (Wildman–Crippen LogP) is 1.39. The molecule has 1 rings (SSSR count). The molecule has 14 heavy (non-hydrogen) atoms. The fraction of sp³-hybridized carbons (Fsp3) is 0.333. The standard InChI is InChI=1S/C9H10BrNO3/c1-6-4-7(10)9(14)11(5-6)3-2-8(12)13/h4-5H,2-3H2,1H3,(H,12,13). The van der Waals surface area contributed by atoms with Crippen LogP contribution < -0.4 is 5.56 Å². The number of aromatic nitrogens is 1. The first-order chi connectivity index (χ1) is 6.50. The van der Waals surface area contributed by atoms with E-state index in [9.17, 15) is 9.59 Å². The highest BCUT2D eigenvalue weighted by Crippen LogP contribution is 2.05. The quantitative estimate of drug-likeness (QED) is 0.893. The van der Waals surface area contributed by atoms with Crippen molar-refractivity contribution in [2.45, 2.75) is 19.9 Å². The van der Waals surface area contributed by atoms with Crippen LogP contribution in [0, 0.1) is 6.92 Å². The summed E-state index contributed by atoms with van der Waals surface area (Å²) in [6.45, 7) is 2.05. The zero-order valence-electron chi connectivity index (χ0n) is 7.66. The monoisotopic (exact) mass is 259 g/mol. The summed E-state index contributed by atoms with van der Waals surface area (Å²) in [6, 6.07) is 1.71. The zero-order chi connectivity index (χ0) is 10.7. The van der Waals surface area contributed by atoms with Crippen LogP contribution in [0.2, 0.25) is 0 Å². The van der Waals surface area contributed by atoms with Crippen LogP contribution >= 0.6 is 15.9 Å². The number of hydrogen-bond donors (Lipinski definition) is 1. The fourth-order valence-electron chi connectivity index (χ4n) is 1.12. The Bertz CT molecular complexity index is 411. The van der Waals surface area contributed by atoms with Gasteiger partial charge < -0.3 is 9.67 Å². The minimum absolute atomic E-state index is 0.0458. The summed E-state index contributed by atoms with van der Waals surface area (Å²) in [5.74, 6) is -0.908. The second-order valence-corrected chi connectivity index (χ2v) is 3.86. The van der Waals surface area contributed by atoms with Gasteiger partial charge in [0, 0.05) is 12.7 Å². The molecular weight excluding hydrogens is 250 g/mol. The topological polar surface area (TPSA) is 59.3 Å². The Labute approximate surface area is 89.3 Å². The Balaban J connectivity index is 2.97. The highest BCUT2D eigenvalue weighted by Gasteiger charge is 2.04. The third kappa shape index (κ3) is 2.70. The largest absolute Gasteiger partial charge is 0.481 e. The molecule has 0 bridgehead atoms. The van der Waals surface area contributed by atoms with Gasteiger partial charge in [-0.15, -0.1) is 0 Å². The smallest absolute Gasteiger partial charge is 0.305 e. The van der Waals surface area contributed by atoms with Gasteiger partial charge in [0.15, 0.2) is 0 Å². The zero-order valence-corrected chi connectivity index (χ0v) is 9.24. The van der Waals surface area contributed by atoms with E-state index in [-0.39, 0.29) is 18.5 Å². The number of carboxylic acid groups (broad SMARTS) is 1. The molecule has 1 aromatic rings.